The SMILES string of the molecule is C=O.C=O.CC.CC.COC1CCN(c2cc(OCCOCCOCCOCCNC(=O)C[C@H](N=C(C(=C(C)C)C(C)=C(C)C)c3ccc(Cl)cc3)/C(C)=N/N=C(C)C)ccc2-c2ccn3ncc(CC(=O)O)c3c2)CC1. The van der Waals surface area contributed by atoms with Crippen LogP contribution in [0.1, 0.15) is 113 Å². The van der Waals surface area contributed by atoms with Crippen LogP contribution < -0.4 is 15.0 Å². The Bertz CT molecular complexity index is 2530. The number of ether oxygens (including phenoxy) is 5. The lowest BCUT2D eigenvalue weighted by molar-refractivity contribution is -0.136. The second kappa shape index (κ2) is 39.1. The molecular formula is C59H86ClN7O10. The van der Waals surface area contributed by atoms with Crippen LogP contribution in [0, 0.1) is 0 Å². The number of allylic oxidation sites excluding steroid dienone is 4. The lowest BCUT2D eigenvalue weighted by Crippen LogP contribution is -2.36. The number of piperidine rings is 1. The highest BCUT2D eigenvalue weighted by Crippen LogP contribution is 2.37. The summed E-state index contributed by atoms with van der Waals surface area (Å²) in [4.78, 5) is 48.4. The second-order valence-corrected chi connectivity index (χ2v) is 18.1. The van der Waals surface area contributed by atoms with Crippen molar-refractivity contribution in [3.63, 3.8) is 0 Å². The Kier molecular flexibility index (Phi) is 34.8. The molecule has 1 atom stereocenters. The molecule has 5 rings (SSSR count). The van der Waals surface area contributed by atoms with Crippen molar-refractivity contribution in [3.8, 4) is 16.9 Å². The number of aliphatic carboxylic acids is 1. The lowest BCUT2D eigenvalue weighted by Gasteiger charge is -2.34. The van der Waals surface area contributed by atoms with E-state index in [9.17, 15) is 14.7 Å². The number of pyridine rings is 1. The molecule has 2 aromatic heterocycles. The van der Waals surface area contributed by atoms with Crippen LogP contribution >= 0.6 is 11.6 Å². The first-order valence-electron chi connectivity index (χ1n) is 26.2. The van der Waals surface area contributed by atoms with E-state index in [2.05, 4.69) is 72.3 Å². The van der Waals surface area contributed by atoms with Gasteiger partial charge in [-0.25, -0.2) is 4.52 Å². The van der Waals surface area contributed by atoms with Gasteiger partial charge in [-0.2, -0.15) is 15.3 Å². The fourth-order valence-corrected chi connectivity index (χ4v) is 7.95. The number of carbonyl (C=O) groups excluding carboxylic acids is 3. The molecule has 2 aromatic carbocycles. The van der Waals surface area contributed by atoms with Gasteiger partial charge in [0.05, 0.1) is 87.8 Å². The first-order valence-corrected chi connectivity index (χ1v) is 26.5. The van der Waals surface area contributed by atoms with Gasteiger partial charge < -0.3 is 48.6 Å². The molecule has 4 aromatic rings. The molecule has 1 fully saturated rings. The van der Waals surface area contributed by atoms with Crippen LogP contribution in [0.2, 0.25) is 5.02 Å². The molecular weight excluding hydrogens is 1000 g/mol. The number of amides is 1. The van der Waals surface area contributed by atoms with Gasteiger partial charge in [0.1, 0.15) is 25.9 Å². The average molecular weight is 1090 g/mol. The van der Waals surface area contributed by atoms with Crippen LogP contribution in [-0.4, -0.2) is 142 Å². The number of hydrogen-bond acceptors (Lipinski definition) is 14. The van der Waals surface area contributed by atoms with Crippen molar-refractivity contribution in [2.75, 3.05) is 77.9 Å². The number of carboxylic acids is 1. The second-order valence-electron chi connectivity index (χ2n) is 17.6. The van der Waals surface area contributed by atoms with E-state index in [-0.39, 0.29) is 24.9 Å². The normalized spacial score (nSPS) is 12.7. The number of anilines is 1. The average Bonchev–Trinajstić information content (AvgIpc) is 3.84. The summed E-state index contributed by atoms with van der Waals surface area (Å²) < 4.78 is 30.7. The van der Waals surface area contributed by atoms with Gasteiger partial charge in [-0.15, -0.1) is 0 Å². The van der Waals surface area contributed by atoms with E-state index in [1.165, 1.54) is 5.57 Å². The Morgan fingerprint density at radius 3 is 1.95 bits per heavy atom. The fourth-order valence-electron chi connectivity index (χ4n) is 7.83. The third kappa shape index (κ3) is 23.8. The molecule has 0 aliphatic carbocycles. The summed E-state index contributed by atoms with van der Waals surface area (Å²) in [6.45, 7) is 32.6. The van der Waals surface area contributed by atoms with Crippen LogP contribution in [0.25, 0.3) is 16.6 Å². The largest absolute Gasteiger partial charge is 0.491 e. The van der Waals surface area contributed by atoms with Gasteiger partial charge in [-0.1, -0.05) is 62.6 Å². The van der Waals surface area contributed by atoms with Crippen LogP contribution in [0.3, 0.4) is 0 Å². The maximum Gasteiger partial charge on any atom is 0.307 e. The maximum absolute atomic E-state index is 13.4. The molecule has 0 saturated carbocycles. The van der Waals surface area contributed by atoms with Crippen molar-refractivity contribution in [3.05, 3.63) is 105 Å². The summed E-state index contributed by atoms with van der Waals surface area (Å²) in [6, 6.07) is 17.1. The van der Waals surface area contributed by atoms with Crippen LogP contribution in [0.15, 0.2) is 104 Å². The Morgan fingerprint density at radius 2 is 1.39 bits per heavy atom. The molecule has 0 radical (unpaired) electrons. The number of methoxy groups -OCH3 is 1. The number of nitrogens with zero attached hydrogens (tertiary/aromatic N) is 6. The first kappa shape index (κ1) is 68.6. The molecule has 77 heavy (non-hydrogen) atoms. The molecule has 1 aliphatic rings. The smallest absolute Gasteiger partial charge is 0.307 e. The molecule has 17 nitrogen and oxygen atoms in total. The minimum atomic E-state index is -0.898. The Hall–Kier alpha value is -6.37. The number of fused-ring (bicyclic) bond motifs is 1. The number of benzene rings is 2. The van der Waals surface area contributed by atoms with E-state index in [0.717, 1.165) is 87.7 Å². The van der Waals surface area contributed by atoms with Crippen molar-refractivity contribution in [1.82, 2.24) is 14.9 Å². The highest BCUT2D eigenvalue weighted by Gasteiger charge is 2.24. The molecule has 0 bridgehead atoms. The number of carboxylic acid groups (broad SMARTS) is 1. The monoisotopic (exact) mass is 1090 g/mol. The highest BCUT2D eigenvalue weighted by molar-refractivity contribution is 6.30. The van der Waals surface area contributed by atoms with Gasteiger partial charge in [-0.05, 0) is 116 Å². The molecule has 18 heteroatoms. The summed E-state index contributed by atoms with van der Waals surface area (Å²) in [7, 11) is 1.76. The number of aromatic nitrogens is 2. The molecule has 0 unspecified atom stereocenters. The Morgan fingerprint density at radius 1 is 0.792 bits per heavy atom. The van der Waals surface area contributed by atoms with Crippen molar-refractivity contribution >= 4 is 65.4 Å². The van der Waals surface area contributed by atoms with Gasteiger partial charge >= 0.3 is 5.97 Å². The van der Waals surface area contributed by atoms with Gasteiger partial charge in [0, 0.05) is 77.7 Å². The summed E-state index contributed by atoms with van der Waals surface area (Å²) in [5.74, 6) is -0.346. The van der Waals surface area contributed by atoms with E-state index < -0.39 is 12.0 Å². The molecule has 2 N–H and O–H groups in total. The molecule has 1 saturated heterocycles. The highest BCUT2D eigenvalue weighted by atomic mass is 35.5. The molecule has 1 amide bonds. The van der Waals surface area contributed by atoms with Crippen LogP contribution in [-0.2, 0) is 44.5 Å². The van der Waals surface area contributed by atoms with E-state index >= 15 is 0 Å². The van der Waals surface area contributed by atoms with E-state index in [4.69, 9.17) is 49.9 Å². The topological polar surface area (TPSA) is 204 Å². The predicted molar refractivity (Wildman–Crippen MR) is 313 cm³/mol. The van der Waals surface area contributed by atoms with Crippen molar-refractivity contribution in [2.24, 2.45) is 15.2 Å². The molecule has 1 aliphatic heterocycles. The minimum absolute atomic E-state index is 0.0777. The van der Waals surface area contributed by atoms with Crippen molar-refractivity contribution < 1.29 is 48.0 Å². The zero-order valence-corrected chi connectivity index (χ0v) is 48.8. The van der Waals surface area contributed by atoms with Crippen molar-refractivity contribution in [1.29, 1.82) is 0 Å². The summed E-state index contributed by atoms with van der Waals surface area (Å²) >= 11 is 6.28. The third-order valence-corrected chi connectivity index (χ3v) is 11.9. The van der Waals surface area contributed by atoms with Crippen molar-refractivity contribution in [2.45, 2.75) is 121 Å². The number of rotatable bonds is 26. The fraction of sp³-hybridized carbons (Fsp3) is 0.492. The van der Waals surface area contributed by atoms with E-state index in [0.29, 0.717) is 69.1 Å². The third-order valence-electron chi connectivity index (χ3n) is 11.7. The van der Waals surface area contributed by atoms with E-state index in [1.54, 1.807) is 17.8 Å². The number of halogens is 1. The Balaban J connectivity index is 0.00000353. The summed E-state index contributed by atoms with van der Waals surface area (Å²) in [6.07, 6.45) is 5.51. The first-order chi connectivity index (χ1) is 37.1. The standard InChI is InChI=1S/C53H70ClN7O8.2C2H6.2CH2O/c1-35(2)38(7)52(36(3)4)53(40-10-12-43(54)13-11-40)57-47(39(8)59-58-37(5)6)33-50(62)55-19-23-66-24-25-67-26-27-68-28-29-69-45-14-15-46(49(32-45)60-20-17-44(65-9)18-21-60)41-16-22-61-48(30-41)42(34-56-61)31-51(63)64;4*1-2/h10-16,22,30,32,34,44,47H,17-21,23-29,31,33H2,1-9H3,(H,55,62)(H,63,64);2*1-2H3;2*1H2/b57-53?,59-39+;;;;/t47-;;;;/m0..../s1. The summed E-state index contributed by atoms with van der Waals surface area (Å²) in [5, 5.41) is 26.1. The number of hydrogen-bond donors (Lipinski definition) is 2. The van der Waals surface area contributed by atoms with E-state index in [1.807, 2.05) is 111 Å². The van der Waals surface area contributed by atoms with Gasteiger partial charge in [-0.3, -0.25) is 14.6 Å². The van der Waals surface area contributed by atoms with Gasteiger partial charge in [0.15, 0.2) is 0 Å². The number of nitrogens with one attached hydrogen (secondary N) is 1. The van der Waals surface area contributed by atoms with Crippen LogP contribution in [0.5, 0.6) is 5.75 Å². The maximum atomic E-state index is 13.4. The molecule has 424 valence electrons. The Labute approximate surface area is 462 Å². The number of carbonyl (C=O) groups is 4. The molecule has 0 spiro atoms. The van der Waals surface area contributed by atoms with Gasteiger partial charge in [0.25, 0.3) is 0 Å². The minimum Gasteiger partial charge on any atom is -0.491 e. The lowest BCUT2D eigenvalue weighted by atomic mass is 9.90. The summed E-state index contributed by atoms with van der Waals surface area (Å²) in [5.41, 5.74) is 11.9. The number of aliphatic imine (C=N–C) groups is 1. The zero-order chi connectivity index (χ0) is 57.9. The zero-order valence-electron chi connectivity index (χ0n) is 48.0. The predicted octanol–water partition coefficient (Wildman–Crippen LogP) is 10.9. The van der Waals surface area contributed by atoms with Gasteiger partial charge in [0.2, 0.25) is 5.91 Å². The molecule has 3 heterocycles. The quantitative estimate of drug-likeness (QED) is 0.0261. The van der Waals surface area contributed by atoms with Crippen LogP contribution in [0.4, 0.5) is 5.69 Å².